The maximum atomic E-state index is 9.08. The van der Waals surface area contributed by atoms with Gasteiger partial charge in [-0.05, 0) is 30.0 Å². The molecule has 0 amide bonds. The van der Waals surface area contributed by atoms with Gasteiger partial charge >= 0.3 is 0 Å². The first-order valence-corrected chi connectivity index (χ1v) is 6.24. The first-order chi connectivity index (χ1) is 7.90. The zero-order valence-corrected chi connectivity index (χ0v) is 9.78. The van der Waals surface area contributed by atoms with Crippen LogP contribution in [0.25, 0.3) is 0 Å². The summed E-state index contributed by atoms with van der Waals surface area (Å²) >= 11 is 1.72. The fourth-order valence-corrected chi connectivity index (χ4v) is 2.45. The molecule has 1 unspecified atom stereocenters. The minimum Gasteiger partial charge on any atom is -0.396 e. The molecule has 0 bridgehead atoms. The Kier molecular flexibility index (Phi) is 3.97. The highest BCUT2D eigenvalue weighted by atomic mass is 32.1. The summed E-state index contributed by atoms with van der Waals surface area (Å²) in [7, 11) is 0. The number of para-hydroxylation sites is 1. The van der Waals surface area contributed by atoms with Gasteiger partial charge in [-0.25, -0.2) is 0 Å². The van der Waals surface area contributed by atoms with Crippen LogP contribution < -0.4 is 5.32 Å². The van der Waals surface area contributed by atoms with E-state index in [4.69, 9.17) is 5.11 Å². The number of hydrogen-bond acceptors (Lipinski definition) is 3. The van der Waals surface area contributed by atoms with Crippen molar-refractivity contribution in [3.63, 3.8) is 0 Å². The zero-order chi connectivity index (χ0) is 11.2. The van der Waals surface area contributed by atoms with E-state index in [1.165, 1.54) is 4.88 Å². The molecule has 0 aliphatic heterocycles. The standard InChI is InChI=1S/C13H15NOS/c15-9-8-12(13-7-4-10-16-13)14-11-5-2-1-3-6-11/h1-7,10,12,14-15H,8-9H2. The summed E-state index contributed by atoms with van der Waals surface area (Å²) in [5, 5.41) is 14.6. The first kappa shape index (κ1) is 11.2. The number of thiophene rings is 1. The fourth-order valence-electron chi connectivity index (χ4n) is 1.64. The van der Waals surface area contributed by atoms with Crippen molar-refractivity contribution in [1.29, 1.82) is 0 Å². The molecule has 2 aromatic rings. The molecule has 0 fully saturated rings. The van der Waals surface area contributed by atoms with Gasteiger partial charge in [-0.2, -0.15) is 0 Å². The number of rotatable bonds is 5. The van der Waals surface area contributed by atoms with Crippen LogP contribution in [0.3, 0.4) is 0 Å². The Morgan fingerprint density at radius 2 is 1.94 bits per heavy atom. The van der Waals surface area contributed by atoms with E-state index < -0.39 is 0 Å². The lowest BCUT2D eigenvalue weighted by Gasteiger charge is -2.17. The van der Waals surface area contributed by atoms with E-state index in [0.717, 1.165) is 12.1 Å². The Hall–Kier alpha value is -1.32. The van der Waals surface area contributed by atoms with Crippen LogP contribution in [0.15, 0.2) is 47.8 Å². The molecule has 0 spiro atoms. The Bertz CT molecular complexity index is 399. The third-order valence-corrected chi connectivity index (χ3v) is 3.41. The van der Waals surface area contributed by atoms with Crippen molar-refractivity contribution in [2.24, 2.45) is 0 Å². The van der Waals surface area contributed by atoms with Crippen molar-refractivity contribution in [2.45, 2.75) is 12.5 Å². The van der Waals surface area contributed by atoms with Crippen molar-refractivity contribution >= 4 is 17.0 Å². The van der Waals surface area contributed by atoms with E-state index in [0.29, 0.717) is 0 Å². The fraction of sp³-hybridized carbons (Fsp3) is 0.231. The predicted molar refractivity (Wildman–Crippen MR) is 68.8 cm³/mol. The van der Waals surface area contributed by atoms with Gasteiger partial charge in [0.25, 0.3) is 0 Å². The molecule has 3 heteroatoms. The van der Waals surface area contributed by atoms with E-state index in [1.807, 2.05) is 36.4 Å². The first-order valence-electron chi connectivity index (χ1n) is 5.36. The van der Waals surface area contributed by atoms with Crippen molar-refractivity contribution in [1.82, 2.24) is 0 Å². The van der Waals surface area contributed by atoms with Gasteiger partial charge in [0, 0.05) is 17.2 Å². The number of anilines is 1. The minimum atomic E-state index is 0.197. The van der Waals surface area contributed by atoms with Crippen molar-refractivity contribution in [3.05, 3.63) is 52.7 Å². The highest BCUT2D eigenvalue weighted by molar-refractivity contribution is 7.10. The Balaban J connectivity index is 2.09. The normalized spacial score (nSPS) is 12.3. The molecule has 16 heavy (non-hydrogen) atoms. The van der Waals surface area contributed by atoms with Crippen LogP contribution in [0.5, 0.6) is 0 Å². The molecule has 1 atom stereocenters. The topological polar surface area (TPSA) is 32.3 Å². The van der Waals surface area contributed by atoms with Crippen LogP contribution in [0.1, 0.15) is 17.3 Å². The van der Waals surface area contributed by atoms with Gasteiger partial charge in [0.05, 0.1) is 6.04 Å². The molecular weight excluding hydrogens is 218 g/mol. The van der Waals surface area contributed by atoms with Gasteiger partial charge in [-0.1, -0.05) is 24.3 Å². The van der Waals surface area contributed by atoms with Crippen molar-refractivity contribution in [3.8, 4) is 0 Å². The van der Waals surface area contributed by atoms with Gasteiger partial charge in [-0.3, -0.25) is 0 Å². The van der Waals surface area contributed by atoms with Crippen LogP contribution >= 0.6 is 11.3 Å². The summed E-state index contributed by atoms with van der Waals surface area (Å²) in [6.07, 6.45) is 0.732. The molecule has 2 nitrogen and oxygen atoms in total. The predicted octanol–water partition coefficient (Wildman–Crippen LogP) is 3.28. The van der Waals surface area contributed by atoms with Crippen LogP contribution in [0.2, 0.25) is 0 Å². The molecule has 2 N–H and O–H groups in total. The number of hydrogen-bond donors (Lipinski definition) is 2. The molecule has 84 valence electrons. The summed E-state index contributed by atoms with van der Waals surface area (Å²) in [4.78, 5) is 1.26. The SMILES string of the molecule is OCCC(Nc1ccccc1)c1cccs1. The highest BCUT2D eigenvalue weighted by Gasteiger charge is 2.11. The summed E-state index contributed by atoms with van der Waals surface area (Å²) in [5.41, 5.74) is 1.09. The molecule has 0 saturated carbocycles. The van der Waals surface area contributed by atoms with Crippen LogP contribution in [0, 0.1) is 0 Å². The lowest BCUT2D eigenvalue weighted by molar-refractivity contribution is 0.280. The zero-order valence-electron chi connectivity index (χ0n) is 8.97. The lowest BCUT2D eigenvalue weighted by atomic mass is 10.1. The summed E-state index contributed by atoms with van der Waals surface area (Å²) in [6, 6.07) is 14.4. The molecule has 1 aromatic heterocycles. The molecule has 1 heterocycles. The monoisotopic (exact) mass is 233 g/mol. The number of aliphatic hydroxyl groups is 1. The maximum Gasteiger partial charge on any atom is 0.0628 e. The second kappa shape index (κ2) is 5.68. The van der Waals surface area contributed by atoms with E-state index in [1.54, 1.807) is 11.3 Å². The average molecular weight is 233 g/mol. The van der Waals surface area contributed by atoms with Crippen molar-refractivity contribution in [2.75, 3.05) is 11.9 Å². The van der Waals surface area contributed by atoms with Gasteiger partial charge in [0.1, 0.15) is 0 Å². The molecule has 0 saturated heterocycles. The number of nitrogens with one attached hydrogen (secondary N) is 1. The Morgan fingerprint density at radius 3 is 2.56 bits per heavy atom. The third kappa shape index (κ3) is 2.84. The molecule has 0 aliphatic carbocycles. The van der Waals surface area contributed by atoms with Gasteiger partial charge in [-0.15, -0.1) is 11.3 Å². The highest BCUT2D eigenvalue weighted by Crippen LogP contribution is 2.25. The second-order valence-corrected chi connectivity index (χ2v) is 4.57. The summed E-state index contributed by atoms with van der Waals surface area (Å²) < 4.78 is 0. The third-order valence-electron chi connectivity index (χ3n) is 2.42. The molecule has 0 radical (unpaired) electrons. The summed E-state index contributed by atoms with van der Waals surface area (Å²) in [6.45, 7) is 0.197. The van der Waals surface area contributed by atoms with Gasteiger partial charge in [0.15, 0.2) is 0 Å². The Morgan fingerprint density at radius 1 is 1.12 bits per heavy atom. The summed E-state index contributed by atoms with van der Waals surface area (Å²) in [5.74, 6) is 0. The number of benzene rings is 1. The molecular formula is C13H15NOS. The quantitative estimate of drug-likeness (QED) is 0.830. The smallest absolute Gasteiger partial charge is 0.0628 e. The molecule has 0 aliphatic rings. The minimum absolute atomic E-state index is 0.197. The van der Waals surface area contributed by atoms with Crippen LogP contribution in [0.4, 0.5) is 5.69 Å². The maximum absolute atomic E-state index is 9.08. The van der Waals surface area contributed by atoms with E-state index in [2.05, 4.69) is 16.8 Å². The second-order valence-electron chi connectivity index (χ2n) is 3.59. The van der Waals surface area contributed by atoms with Gasteiger partial charge < -0.3 is 10.4 Å². The van der Waals surface area contributed by atoms with Crippen molar-refractivity contribution < 1.29 is 5.11 Å². The average Bonchev–Trinajstić information content (AvgIpc) is 2.83. The largest absolute Gasteiger partial charge is 0.396 e. The number of aliphatic hydroxyl groups excluding tert-OH is 1. The van der Waals surface area contributed by atoms with E-state index in [9.17, 15) is 0 Å². The van der Waals surface area contributed by atoms with E-state index >= 15 is 0 Å². The van der Waals surface area contributed by atoms with Gasteiger partial charge in [0.2, 0.25) is 0 Å². The van der Waals surface area contributed by atoms with Crippen LogP contribution in [-0.4, -0.2) is 11.7 Å². The molecule has 2 rings (SSSR count). The van der Waals surface area contributed by atoms with Crippen LogP contribution in [-0.2, 0) is 0 Å². The van der Waals surface area contributed by atoms with E-state index in [-0.39, 0.29) is 12.6 Å². The lowest BCUT2D eigenvalue weighted by Crippen LogP contribution is -2.10. The Labute approximate surface area is 99.6 Å². The molecule has 1 aromatic carbocycles.